The Labute approximate surface area is 80.3 Å². The number of nitrogens with two attached hydrogens (primary N) is 2. The van der Waals surface area contributed by atoms with Crippen LogP contribution < -0.4 is 11.5 Å². The van der Waals surface area contributed by atoms with Crippen molar-refractivity contribution in [2.45, 2.75) is 13.0 Å². The van der Waals surface area contributed by atoms with E-state index in [0.717, 1.165) is 15.9 Å². The standard InChI is InChI=1S/C8H12BrN3/c1-5-6(9)2-3-8(12-5)7(11)4-10/h2-3,7H,4,10-11H2,1H3. The summed E-state index contributed by atoms with van der Waals surface area (Å²) < 4.78 is 0.996. The minimum absolute atomic E-state index is 0.156. The number of hydrogen-bond donors (Lipinski definition) is 2. The molecule has 1 atom stereocenters. The minimum atomic E-state index is -0.156. The van der Waals surface area contributed by atoms with Gasteiger partial charge in [0.15, 0.2) is 0 Å². The average Bonchev–Trinajstić information content (AvgIpc) is 2.08. The molecular weight excluding hydrogens is 218 g/mol. The number of halogens is 1. The van der Waals surface area contributed by atoms with Crippen molar-refractivity contribution in [3.8, 4) is 0 Å². The van der Waals surface area contributed by atoms with Crippen LogP contribution in [0.5, 0.6) is 0 Å². The molecule has 0 saturated carbocycles. The molecule has 12 heavy (non-hydrogen) atoms. The molecule has 66 valence electrons. The van der Waals surface area contributed by atoms with Crippen LogP contribution in [0, 0.1) is 6.92 Å². The number of aromatic nitrogens is 1. The summed E-state index contributed by atoms with van der Waals surface area (Å²) in [5.74, 6) is 0. The summed E-state index contributed by atoms with van der Waals surface area (Å²) in [5, 5.41) is 0. The summed E-state index contributed by atoms with van der Waals surface area (Å²) in [4.78, 5) is 4.29. The van der Waals surface area contributed by atoms with Crippen LogP contribution in [0.25, 0.3) is 0 Å². The fourth-order valence-corrected chi connectivity index (χ4v) is 1.11. The zero-order valence-corrected chi connectivity index (χ0v) is 8.51. The maximum Gasteiger partial charge on any atom is 0.0594 e. The molecule has 0 aliphatic carbocycles. The van der Waals surface area contributed by atoms with E-state index in [-0.39, 0.29) is 6.04 Å². The molecule has 1 aromatic heterocycles. The number of rotatable bonds is 2. The molecule has 0 radical (unpaired) electrons. The SMILES string of the molecule is Cc1nc(C(N)CN)ccc1Br. The molecule has 0 bridgehead atoms. The third kappa shape index (κ3) is 2.03. The fraction of sp³-hybridized carbons (Fsp3) is 0.375. The molecule has 1 aromatic rings. The van der Waals surface area contributed by atoms with Crippen LogP contribution in [-0.2, 0) is 0 Å². The van der Waals surface area contributed by atoms with Gasteiger partial charge in [0.1, 0.15) is 0 Å². The van der Waals surface area contributed by atoms with E-state index in [0.29, 0.717) is 6.54 Å². The van der Waals surface area contributed by atoms with Gasteiger partial charge >= 0.3 is 0 Å². The lowest BCUT2D eigenvalue weighted by atomic mass is 10.2. The Morgan fingerprint density at radius 1 is 1.58 bits per heavy atom. The van der Waals surface area contributed by atoms with Crippen LogP contribution >= 0.6 is 15.9 Å². The Balaban J connectivity index is 2.96. The molecule has 1 rings (SSSR count). The summed E-state index contributed by atoms with van der Waals surface area (Å²) in [6, 6.07) is 3.67. The number of pyridine rings is 1. The summed E-state index contributed by atoms with van der Waals surface area (Å²) in [5.41, 5.74) is 12.9. The highest BCUT2D eigenvalue weighted by atomic mass is 79.9. The van der Waals surface area contributed by atoms with Crippen molar-refractivity contribution in [2.75, 3.05) is 6.54 Å². The van der Waals surface area contributed by atoms with Crippen LogP contribution in [0.15, 0.2) is 16.6 Å². The summed E-state index contributed by atoms with van der Waals surface area (Å²) >= 11 is 3.37. The first kappa shape index (κ1) is 9.64. The van der Waals surface area contributed by atoms with Gasteiger partial charge < -0.3 is 11.5 Å². The minimum Gasteiger partial charge on any atom is -0.329 e. The van der Waals surface area contributed by atoms with Gasteiger partial charge in [0.05, 0.1) is 17.4 Å². The Morgan fingerprint density at radius 3 is 2.75 bits per heavy atom. The Bertz CT molecular complexity index is 275. The predicted octanol–water partition coefficient (Wildman–Crippen LogP) is 1.11. The van der Waals surface area contributed by atoms with Crippen molar-refractivity contribution < 1.29 is 0 Å². The lowest BCUT2D eigenvalue weighted by Crippen LogP contribution is -2.22. The number of aryl methyl sites for hydroxylation is 1. The smallest absolute Gasteiger partial charge is 0.0594 e. The summed E-state index contributed by atoms with van der Waals surface area (Å²) in [6.07, 6.45) is 0. The van der Waals surface area contributed by atoms with Gasteiger partial charge in [-0.1, -0.05) is 0 Å². The summed E-state index contributed by atoms with van der Waals surface area (Å²) in [6.45, 7) is 2.35. The third-order valence-corrected chi connectivity index (χ3v) is 2.51. The van der Waals surface area contributed by atoms with E-state index in [1.807, 2.05) is 19.1 Å². The molecule has 1 heterocycles. The first-order valence-electron chi connectivity index (χ1n) is 3.74. The molecule has 0 aliphatic rings. The largest absolute Gasteiger partial charge is 0.329 e. The first-order chi connectivity index (χ1) is 5.65. The van der Waals surface area contributed by atoms with Gasteiger partial charge in [-0.3, -0.25) is 4.98 Å². The third-order valence-electron chi connectivity index (χ3n) is 1.68. The van der Waals surface area contributed by atoms with E-state index < -0.39 is 0 Å². The van der Waals surface area contributed by atoms with Gasteiger partial charge in [-0.05, 0) is 35.0 Å². The van der Waals surface area contributed by atoms with Crippen LogP contribution in [0.3, 0.4) is 0 Å². The molecule has 4 heteroatoms. The van der Waals surface area contributed by atoms with Gasteiger partial charge in [-0.25, -0.2) is 0 Å². The van der Waals surface area contributed by atoms with E-state index in [1.165, 1.54) is 0 Å². The normalized spacial score (nSPS) is 13.0. The van der Waals surface area contributed by atoms with Crippen molar-refractivity contribution in [3.05, 3.63) is 28.0 Å². The lowest BCUT2D eigenvalue weighted by molar-refractivity contribution is 0.707. The maximum absolute atomic E-state index is 5.71. The Hall–Kier alpha value is -0.450. The average molecular weight is 230 g/mol. The van der Waals surface area contributed by atoms with Gasteiger partial charge in [0.25, 0.3) is 0 Å². The fourth-order valence-electron chi connectivity index (χ4n) is 0.891. The van der Waals surface area contributed by atoms with Crippen molar-refractivity contribution in [1.29, 1.82) is 0 Å². The van der Waals surface area contributed by atoms with E-state index in [9.17, 15) is 0 Å². The van der Waals surface area contributed by atoms with Crippen LogP contribution in [0.1, 0.15) is 17.4 Å². The number of hydrogen-bond acceptors (Lipinski definition) is 3. The molecule has 0 spiro atoms. The number of nitrogens with zero attached hydrogens (tertiary/aromatic N) is 1. The quantitative estimate of drug-likeness (QED) is 0.799. The maximum atomic E-state index is 5.71. The highest BCUT2D eigenvalue weighted by Crippen LogP contribution is 2.15. The molecule has 0 fully saturated rings. The highest BCUT2D eigenvalue weighted by molar-refractivity contribution is 9.10. The zero-order valence-electron chi connectivity index (χ0n) is 6.92. The Morgan fingerprint density at radius 2 is 2.25 bits per heavy atom. The summed E-state index contributed by atoms with van der Waals surface area (Å²) in [7, 11) is 0. The zero-order chi connectivity index (χ0) is 9.14. The molecule has 0 amide bonds. The monoisotopic (exact) mass is 229 g/mol. The molecule has 1 unspecified atom stereocenters. The second-order valence-corrected chi connectivity index (χ2v) is 3.50. The first-order valence-corrected chi connectivity index (χ1v) is 4.53. The molecule has 0 aliphatic heterocycles. The van der Waals surface area contributed by atoms with Crippen molar-refractivity contribution in [2.24, 2.45) is 11.5 Å². The molecule has 0 saturated heterocycles. The van der Waals surface area contributed by atoms with Crippen molar-refractivity contribution in [1.82, 2.24) is 4.98 Å². The predicted molar refractivity (Wildman–Crippen MR) is 52.7 cm³/mol. The van der Waals surface area contributed by atoms with Gasteiger partial charge in [0, 0.05) is 11.0 Å². The van der Waals surface area contributed by atoms with Gasteiger partial charge in [-0.2, -0.15) is 0 Å². The second kappa shape index (κ2) is 3.98. The van der Waals surface area contributed by atoms with E-state index >= 15 is 0 Å². The topological polar surface area (TPSA) is 64.9 Å². The molecule has 3 nitrogen and oxygen atoms in total. The second-order valence-electron chi connectivity index (χ2n) is 2.65. The van der Waals surface area contributed by atoms with Crippen LogP contribution in [0.4, 0.5) is 0 Å². The van der Waals surface area contributed by atoms with Crippen molar-refractivity contribution in [3.63, 3.8) is 0 Å². The van der Waals surface area contributed by atoms with E-state index in [4.69, 9.17) is 11.5 Å². The molecule has 0 aromatic carbocycles. The molecular formula is C8H12BrN3. The van der Waals surface area contributed by atoms with Crippen molar-refractivity contribution >= 4 is 15.9 Å². The van der Waals surface area contributed by atoms with E-state index in [1.54, 1.807) is 0 Å². The van der Waals surface area contributed by atoms with E-state index in [2.05, 4.69) is 20.9 Å². The van der Waals surface area contributed by atoms with Crippen LogP contribution in [0.2, 0.25) is 0 Å². The lowest BCUT2D eigenvalue weighted by Gasteiger charge is -2.08. The Kier molecular flexibility index (Phi) is 3.20. The van der Waals surface area contributed by atoms with Crippen LogP contribution in [-0.4, -0.2) is 11.5 Å². The van der Waals surface area contributed by atoms with Gasteiger partial charge in [0.2, 0.25) is 0 Å². The molecule has 4 N–H and O–H groups in total. The van der Waals surface area contributed by atoms with Gasteiger partial charge in [-0.15, -0.1) is 0 Å². The highest BCUT2D eigenvalue weighted by Gasteiger charge is 2.05.